The highest BCUT2D eigenvalue weighted by Gasteiger charge is 2.58. The van der Waals surface area contributed by atoms with E-state index in [9.17, 15) is 9.59 Å². The van der Waals surface area contributed by atoms with Crippen LogP contribution in [0.5, 0.6) is 0 Å². The molecule has 1 spiro atoms. The topological polar surface area (TPSA) is 52.6 Å². The Kier molecular flexibility index (Phi) is 3.25. The lowest BCUT2D eigenvalue weighted by Crippen LogP contribution is -2.36. The Balaban J connectivity index is 2.25. The zero-order valence-corrected chi connectivity index (χ0v) is 10.6. The van der Waals surface area contributed by atoms with Crippen LogP contribution in [-0.4, -0.2) is 32.1 Å². The van der Waals surface area contributed by atoms with Gasteiger partial charge in [0.1, 0.15) is 5.41 Å². The van der Waals surface area contributed by atoms with Gasteiger partial charge in [-0.25, -0.2) is 0 Å². The standard InChI is InChI=1S/C13H20O4/c1-3-13(11(15)16-2)9-12(8-10(13)14)4-6-17-7-5-12/h3-9H2,1-2H3. The first-order valence-corrected chi connectivity index (χ1v) is 6.28. The first kappa shape index (κ1) is 12.6. The van der Waals surface area contributed by atoms with Gasteiger partial charge in [0.05, 0.1) is 7.11 Å². The number of rotatable bonds is 2. The molecule has 0 amide bonds. The van der Waals surface area contributed by atoms with Crippen LogP contribution in [0.1, 0.15) is 39.0 Å². The fourth-order valence-electron chi connectivity index (χ4n) is 3.32. The first-order valence-electron chi connectivity index (χ1n) is 6.28. The normalized spacial score (nSPS) is 31.8. The van der Waals surface area contributed by atoms with Crippen LogP contribution in [0.15, 0.2) is 0 Å². The average Bonchev–Trinajstić information content (AvgIpc) is 2.62. The van der Waals surface area contributed by atoms with E-state index in [0.29, 0.717) is 32.5 Å². The minimum absolute atomic E-state index is 0.0144. The van der Waals surface area contributed by atoms with Gasteiger partial charge in [-0.15, -0.1) is 0 Å². The van der Waals surface area contributed by atoms with Crippen molar-refractivity contribution in [3.8, 4) is 0 Å². The minimum Gasteiger partial charge on any atom is -0.468 e. The van der Waals surface area contributed by atoms with Crippen LogP contribution in [0.4, 0.5) is 0 Å². The van der Waals surface area contributed by atoms with E-state index in [-0.39, 0.29) is 17.2 Å². The number of hydrogen-bond acceptors (Lipinski definition) is 4. The van der Waals surface area contributed by atoms with Gasteiger partial charge >= 0.3 is 5.97 Å². The molecular formula is C13H20O4. The predicted octanol–water partition coefficient (Wildman–Crippen LogP) is 1.72. The van der Waals surface area contributed by atoms with Crippen LogP contribution in [0.25, 0.3) is 0 Å². The van der Waals surface area contributed by atoms with Crippen LogP contribution in [0.3, 0.4) is 0 Å². The number of hydrogen-bond donors (Lipinski definition) is 0. The number of ether oxygens (including phenoxy) is 2. The van der Waals surface area contributed by atoms with Crippen LogP contribution >= 0.6 is 0 Å². The summed E-state index contributed by atoms with van der Waals surface area (Å²) in [5.41, 5.74) is -0.897. The molecule has 1 saturated carbocycles. The van der Waals surface area contributed by atoms with Gasteiger partial charge in [-0.1, -0.05) is 6.92 Å². The monoisotopic (exact) mass is 240 g/mol. The molecule has 0 radical (unpaired) electrons. The Morgan fingerprint density at radius 2 is 2.06 bits per heavy atom. The maximum absolute atomic E-state index is 12.3. The van der Waals surface area contributed by atoms with Gasteiger partial charge in [0.2, 0.25) is 0 Å². The number of carbonyl (C=O) groups excluding carboxylic acids is 2. The number of methoxy groups -OCH3 is 1. The molecule has 4 heteroatoms. The van der Waals surface area contributed by atoms with Gasteiger partial charge in [-0.05, 0) is 31.1 Å². The summed E-state index contributed by atoms with van der Waals surface area (Å²) in [6.07, 6.45) is 3.47. The molecule has 1 unspecified atom stereocenters. The Morgan fingerprint density at radius 3 is 2.59 bits per heavy atom. The molecule has 2 fully saturated rings. The van der Waals surface area contributed by atoms with Crippen molar-refractivity contribution < 1.29 is 19.1 Å². The average molecular weight is 240 g/mol. The number of Topliss-reactive ketones (excluding diaryl/α,β-unsaturated/α-hetero) is 1. The van der Waals surface area contributed by atoms with E-state index in [1.165, 1.54) is 7.11 Å². The summed E-state index contributed by atoms with van der Waals surface area (Å²) in [5, 5.41) is 0. The summed E-state index contributed by atoms with van der Waals surface area (Å²) in [7, 11) is 1.36. The van der Waals surface area contributed by atoms with Gasteiger partial charge in [0.15, 0.2) is 5.78 Å². The highest BCUT2D eigenvalue weighted by molar-refractivity contribution is 6.05. The molecule has 2 aliphatic rings. The lowest BCUT2D eigenvalue weighted by Gasteiger charge is -2.34. The SMILES string of the molecule is CCC1(C(=O)OC)CC2(CCOCC2)CC1=O. The molecule has 1 atom stereocenters. The lowest BCUT2D eigenvalue weighted by molar-refractivity contribution is -0.157. The molecule has 1 saturated heterocycles. The van der Waals surface area contributed by atoms with Crippen molar-refractivity contribution in [1.82, 2.24) is 0 Å². The minimum atomic E-state index is -0.883. The third kappa shape index (κ3) is 1.88. The molecule has 0 aromatic heterocycles. The zero-order valence-electron chi connectivity index (χ0n) is 10.6. The third-order valence-electron chi connectivity index (χ3n) is 4.48. The summed E-state index contributed by atoms with van der Waals surface area (Å²) in [5.74, 6) is -0.290. The first-order chi connectivity index (χ1) is 8.08. The Bertz CT molecular complexity index is 330. The van der Waals surface area contributed by atoms with Crippen molar-refractivity contribution in [2.45, 2.75) is 39.0 Å². The van der Waals surface area contributed by atoms with Crippen molar-refractivity contribution in [1.29, 1.82) is 0 Å². The number of carbonyl (C=O) groups is 2. The second-order valence-corrected chi connectivity index (χ2v) is 5.32. The smallest absolute Gasteiger partial charge is 0.319 e. The molecular weight excluding hydrogens is 220 g/mol. The van der Waals surface area contributed by atoms with Crippen molar-refractivity contribution in [3.05, 3.63) is 0 Å². The van der Waals surface area contributed by atoms with E-state index in [0.717, 1.165) is 12.8 Å². The Morgan fingerprint density at radius 1 is 1.41 bits per heavy atom. The van der Waals surface area contributed by atoms with E-state index in [1.54, 1.807) is 0 Å². The van der Waals surface area contributed by atoms with Crippen molar-refractivity contribution >= 4 is 11.8 Å². The highest BCUT2D eigenvalue weighted by atomic mass is 16.5. The van der Waals surface area contributed by atoms with Gasteiger partial charge in [-0.3, -0.25) is 9.59 Å². The van der Waals surface area contributed by atoms with Crippen molar-refractivity contribution in [3.63, 3.8) is 0 Å². The third-order valence-corrected chi connectivity index (χ3v) is 4.48. The summed E-state index contributed by atoms with van der Waals surface area (Å²) in [6, 6.07) is 0. The fourth-order valence-corrected chi connectivity index (χ4v) is 3.32. The van der Waals surface area contributed by atoms with Gasteiger partial charge in [0, 0.05) is 19.6 Å². The summed E-state index contributed by atoms with van der Waals surface area (Å²) >= 11 is 0. The molecule has 1 aliphatic heterocycles. The molecule has 4 nitrogen and oxygen atoms in total. The van der Waals surface area contributed by atoms with Gasteiger partial charge in [-0.2, -0.15) is 0 Å². The quantitative estimate of drug-likeness (QED) is 0.544. The molecule has 96 valence electrons. The molecule has 0 bridgehead atoms. The lowest BCUT2D eigenvalue weighted by atomic mass is 9.74. The Labute approximate surface area is 102 Å². The van der Waals surface area contributed by atoms with Crippen LogP contribution in [-0.2, 0) is 19.1 Å². The molecule has 0 aromatic carbocycles. The zero-order chi connectivity index (χ0) is 12.5. The fraction of sp³-hybridized carbons (Fsp3) is 0.846. The summed E-state index contributed by atoms with van der Waals surface area (Å²) in [4.78, 5) is 24.2. The van der Waals surface area contributed by atoms with Crippen LogP contribution in [0, 0.1) is 10.8 Å². The second-order valence-electron chi connectivity index (χ2n) is 5.32. The molecule has 2 rings (SSSR count). The summed E-state index contributed by atoms with van der Waals surface area (Å²) in [6.45, 7) is 3.30. The van der Waals surface area contributed by atoms with E-state index < -0.39 is 5.41 Å². The highest BCUT2D eigenvalue weighted by Crippen LogP contribution is 2.54. The number of ketones is 1. The van der Waals surface area contributed by atoms with Crippen molar-refractivity contribution in [2.75, 3.05) is 20.3 Å². The molecule has 0 aromatic rings. The predicted molar refractivity (Wildman–Crippen MR) is 61.5 cm³/mol. The maximum Gasteiger partial charge on any atom is 0.319 e. The second kappa shape index (κ2) is 4.41. The Hall–Kier alpha value is -0.900. The maximum atomic E-state index is 12.3. The van der Waals surface area contributed by atoms with Gasteiger partial charge < -0.3 is 9.47 Å². The van der Waals surface area contributed by atoms with Crippen molar-refractivity contribution in [2.24, 2.45) is 10.8 Å². The van der Waals surface area contributed by atoms with Crippen LogP contribution < -0.4 is 0 Å². The molecule has 17 heavy (non-hydrogen) atoms. The van der Waals surface area contributed by atoms with E-state index in [4.69, 9.17) is 9.47 Å². The summed E-state index contributed by atoms with van der Waals surface area (Å²) < 4.78 is 10.2. The molecule has 1 aliphatic carbocycles. The van der Waals surface area contributed by atoms with Crippen LogP contribution in [0.2, 0.25) is 0 Å². The molecule has 1 heterocycles. The molecule has 0 N–H and O–H groups in total. The van der Waals surface area contributed by atoms with Gasteiger partial charge in [0.25, 0.3) is 0 Å². The number of esters is 1. The largest absolute Gasteiger partial charge is 0.468 e. The van der Waals surface area contributed by atoms with E-state index >= 15 is 0 Å². The van der Waals surface area contributed by atoms with E-state index in [2.05, 4.69) is 0 Å². The van der Waals surface area contributed by atoms with E-state index in [1.807, 2.05) is 6.92 Å².